The van der Waals surface area contributed by atoms with Crippen LogP contribution in [0.2, 0.25) is 0 Å². The zero-order valence-corrected chi connectivity index (χ0v) is 15.6. The van der Waals surface area contributed by atoms with Gasteiger partial charge in [0.15, 0.2) is 0 Å². The zero-order chi connectivity index (χ0) is 19.0. The number of benzene rings is 1. The van der Waals surface area contributed by atoms with Crippen molar-refractivity contribution in [1.82, 2.24) is 19.7 Å². The largest absolute Gasteiger partial charge is 0.368 e. The Kier molecular flexibility index (Phi) is 4.51. The predicted octanol–water partition coefficient (Wildman–Crippen LogP) is 3.29. The Morgan fingerprint density at radius 3 is 2.37 bits per heavy atom. The third-order valence-electron chi connectivity index (χ3n) is 5.27. The number of aryl methyl sites for hydroxylation is 1. The number of nitrogens with zero attached hydrogens (tertiary/aromatic N) is 5. The molecule has 0 radical (unpaired) electrons. The van der Waals surface area contributed by atoms with Crippen molar-refractivity contribution in [3.63, 3.8) is 0 Å². The van der Waals surface area contributed by atoms with Crippen molar-refractivity contribution in [2.24, 2.45) is 7.05 Å². The van der Waals surface area contributed by atoms with Gasteiger partial charge in [-0.25, -0.2) is 9.37 Å². The van der Waals surface area contributed by atoms with E-state index in [1.165, 1.54) is 12.1 Å². The average Bonchev–Trinajstić information content (AvgIpc) is 3.01. The van der Waals surface area contributed by atoms with Crippen LogP contribution in [0.3, 0.4) is 0 Å². The second-order valence-electron chi connectivity index (χ2n) is 7.07. The maximum atomic E-state index is 13.3. The maximum absolute atomic E-state index is 13.3. The van der Waals surface area contributed by atoms with Gasteiger partial charge < -0.3 is 15.2 Å². The van der Waals surface area contributed by atoms with Crippen molar-refractivity contribution in [3.05, 3.63) is 53.7 Å². The fourth-order valence-electron chi connectivity index (χ4n) is 3.70. The van der Waals surface area contributed by atoms with Crippen molar-refractivity contribution < 1.29 is 4.39 Å². The lowest BCUT2D eigenvalue weighted by molar-refractivity contribution is 0.472. The highest BCUT2D eigenvalue weighted by Gasteiger charge is 2.26. The highest BCUT2D eigenvalue weighted by molar-refractivity contribution is 5.76. The molecule has 0 bridgehead atoms. The van der Waals surface area contributed by atoms with Gasteiger partial charge in [0.1, 0.15) is 17.5 Å². The summed E-state index contributed by atoms with van der Waals surface area (Å²) in [6, 6.07) is 10.7. The first kappa shape index (κ1) is 17.5. The molecule has 27 heavy (non-hydrogen) atoms. The molecule has 0 saturated carbocycles. The molecule has 1 aliphatic heterocycles. The van der Waals surface area contributed by atoms with Crippen LogP contribution in [0.25, 0.3) is 11.1 Å². The number of hydrogen-bond donors (Lipinski definition) is 1. The summed E-state index contributed by atoms with van der Waals surface area (Å²) < 4.78 is 15.2. The van der Waals surface area contributed by atoms with Gasteiger partial charge in [0.25, 0.3) is 0 Å². The fraction of sp³-hybridized carbons (Fsp3) is 0.350. The SMILES string of the molecule is Cc1ccc(-c2ccc(F)cc2)c(N2CCC(c3nnc(N)n3C)CC2)n1. The van der Waals surface area contributed by atoms with Crippen LogP contribution in [0.1, 0.15) is 30.3 Å². The molecule has 1 fully saturated rings. The van der Waals surface area contributed by atoms with Gasteiger partial charge >= 0.3 is 0 Å². The Balaban J connectivity index is 1.58. The first-order chi connectivity index (χ1) is 13.0. The first-order valence-electron chi connectivity index (χ1n) is 9.16. The number of halogens is 1. The smallest absolute Gasteiger partial charge is 0.221 e. The monoisotopic (exact) mass is 366 g/mol. The Hall–Kier alpha value is -2.96. The number of pyridine rings is 1. The molecule has 0 spiro atoms. The van der Waals surface area contributed by atoms with E-state index in [2.05, 4.69) is 21.2 Å². The van der Waals surface area contributed by atoms with Crippen LogP contribution in [0.4, 0.5) is 16.2 Å². The molecular formula is C20H23FN6. The van der Waals surface area contributed by atoms with Crippen LogP contribution < -0.4 is 10.6 Å². The fourth-order valence-corrected chi connectivity index (χ4v) is 3.70. The van der Waals surface area contributed by atoms with Crippen molar-refractivity contribution in [2.45, 2.75) is 25.7 Å². The molecule has 0 unspecified atom stereocenters. The van der Waals surface area contributed by atoms with Crippen molar-refractivity contribution in [3.8, 4) is 11.1 Å². The summed E-state index contributed by atoms with van der Waals surface area (Å²) in [5.41, 5.74) is 8.79. The Labute approximate surface area is 157 Å². The van der Waals surface area contributed by atoms with E-state index in [0.29, 0.717) is 11.9 Å². The number of aromatic nitrogens is 4. The average molecular weight is 366 g/mol. The molecular weight excluding hydrogens is 343 g/mol. The first-order valence-corrected chi connectivity index (χ1v) is 9.16. The molecule has 0 atom stereocenters. The molecule has 7 heteroatoms. The van der Waals surface area contributed by atoms with Gasteiger partial charge in [-0.2, -0.15) is 0 Å². The molecule has 6 nitrogen and oxygen atoms in total. The number of hydrogen-bond acceptors (Lipinski definition) is 5. The summed E-state index contributed by atoms with van der Waals surface area (Å²) in [6.07, 6.45) is 1.93. The summed E-state index contributed by atoms with van der Waals surface area (Å²) in [4.78, 5) is 7.10. The molecule has 3 heterocycles. The van der Waals surface area contributed by atoms with E-state index in [4.69, 9.17) is 10.7 Å². The summed E-state index contributed by atoms with van der Waals surface area (Å²) in [7, 11) is 1.91. The molecule has 2 aromatic heterocycles. The van der Waals surface area contributed by atoms with E-state index in [-0.39, 0.29) is 5.82 Å². The summed E-state index contributed by atoms with van der Waals surface area (Å²) in [5, 5.41) is 8.22. The summed E-state index contributed by atoms with van der Waals surface area (Å²) in [5.74, 6) is 2.46. The minimum atomic E-state index is -0.232. The highest BCUT2D eigenvalue weighted by Crippen LogP contribution is 2.34. The predicted molar refractivity (Wildman–Crippen MR) is 104 cm³/mol. The molecule has 0 amide bonds. The minimum Gasteiger partial charge on any atom is -0.368 e. The lowest BCUT2D eigenvalue weighted by Gasteiger charge is -2.33. The van der Waals surface area contributed by atoms with Gasteiger partial charge in [-0.1, -0.05) is 12.1 Å². The van der Waals surface area contributed by atoms with Gasteiger partial charge in [-0.05, 0) is 49.6 Å². The number of rotatable bonds is 3. The number of anilines is 2. The Bertz CT molecular complexity index is 942. The second-order valence-corrected chi connectivity index (χ2v) is 7.07. The van der Waals surface area contributed by atoms with Crippen LogP contribution in [0, 0.1) is 12.7 Å². The lowest BCUT2D eigenvalue weighted by Crippen LogP contribution is -2.34. The molecule has 0 aliphatic carbocycles. The van der Waals surface area contributed by atoms with E-state index in [0.717, 1.165) is 54.4 Å². The molecule has 1 aliphatic rings. The van der Waals surface area contributed by atoms with Crippen LogP contribution in [0.5, 0.6) is 0 Å². The van der Waals surface area contributed by atoms with E-state index >= 15 is 0 Å². The molecule has 1 aromatic carbocycles. The van der Waals surface area contributed by atoms with E-state index < -0.39 is 0 Å². The van der Waals surface area contributed by atoms with E-state index in [1.54, 1.807) is 12.1 Å². The van der Waals surface area contributed by atoms with Crippen molar-refractivity contribution in [1.29, 1.82) is 0 Å². The minimum absolute atomic E-state index is 0.232. The highest BCUT2D eigenvalue weighted by atomic mass is 19.1. The lowest BCUT2D eigenvalue weighted by atomic mass is 9.95. The zero-order valence-electron chi connectivity index (χ0n) is 15.6. The van der Waals surface area contributed by atoms with Crippen molar-refractivity contribution in [2.75, 3.05) is 23.7 Å². The maximum Gasteiger partial charge on any atom is 0.221 e. The Morgan fingerprint density at radius 2 is 1.74 bits per heavy atom. The van der Waals surface area contributed by atoms with E-state index in [9.17, 15) is 4.39 Å². The summed E-state index contributed by atoms with van der Waals surface area (Å²) in [6.45, 7) is 3.75. The molecule has 4 rings (SSSR count). The van der Waals surface area contributed by atoms with Crippen LogP contribution in [-0.2, 0) is 7.05 Å². The standard InChI is InChI=1S/C20H23FN6/c1-13-3-8-17(14-4-6-16(21)7-5-14)19(23-13)27-11-9-15(10-12-27)18-24-25-20(22)26(18)2/h3-8,15H,9-12H2,1-2H3,(H2,22,25). The topological polar surface area (TPSA) is 72.9 Å². The number of piperidine rings is 1. The van der Waals surface area contributed by atoms with Gasteiger partial charge in [0.05, 0.1) is 0 Å². The van der Waals surface area contributed by atoms with E-state index in [1.807, 2.05) is 24.6 Å². The second kappa shape index (κ2) is 6.98. The van der Waals surface area contributed by atoms with Crippen LogP contribution in [0.15, 0.2) is 36.4 Å². The van der Waals surface area contributed by atoms with Gasteiger partial charge in [0, 0.05) is 37.3 Å². The van der Waals surface area contributed by atoms with Gasteiger partial charge in [-0.15, -0.1) is 10.2 Å². The van der Waals surface area contributed by atoms with Crippen molar-refractivity contribution >= 4 is 11.8 Å². The van der Waals surface area contributed by atoms with Gasteiger partial charge in [0.2, 0.25) is 5.95 Å². The summed E-state index contributed by atoms with van der Waals surface area (Å²) >= 11 is 0. The van der Waals surface area contributed by atoms with Crippen LogP contribution in [-0.4, -0.2) is 32.8 Å². The molecule has 140 valence electrons. The number of nitrogen functional groups attached to an aromatic ring is 1. The third kappa shape index (κ3) is 3.37. The normalized spacial score (nSPS) is 15.3. The van der Waals surface area contributed by atoms with Gasteiger partial charge in [-0.3, -0.25) is 0 Å². The molecule has 1 saturated heterocycles. The molecule has 2 N–H and O–H groups in total. The third-order valence-corrected chi connectivity index (χ3v) is 5.27. The quantitative estimate of drug-likeness (QED) is 0.770. The van der Waals surface area contributed by atoms with Crippen LogP contribution >= 0.6 is 0 Å². The Morgan fingerprint density at radius 1 is 1.04 bits per heavy atom. The molecule has 3 aromatic rings. The number of nitrogens with two attached hydrogens (primary N) is 1.